The van der Waals surface area contributed by atoms with Crippen LogP contribution in [0.25, 0.3) is 0 Å². The molecule has 2 aliphatic rings. The highest BCUT2D eigenvalue weighted by Gasteiger charge is 2.49. The van der Waals surface area contributed by atoms with Crippen LogP contribution < -0.4 is 9.80 Å². The van der Waals surface area contributed by atoms with Crippen molar-refractivity contribution < 1.29 is 14.5 Å². The summed E-state index contributed by atoms with van der Waals surface area (Å²) in [6.07, 6.45) is 1.57. The summed E-state index contributed by atoms with van der Waals surface area (Å²) in [5.74, 6) is -0.337. The number of nitrogens with zero attached hydrogens (tertiary/aromatic N) is 2. The Kier molecular flexibility index (Phi) is 4.92. The highest BCUT2D eigenvalue weighted by atomic mass is 35.5. The Labute approximate surface area is 169 Å². The molecule has 4 rings (SSSR count). The molecule has 2 saturated heterocycles. The minimum absolute atomic E-state index is 0.161. The molecule has 6 heteroatoms. The highest BCUT2D eigenvalue weighted by Crippen LogP contribution is 2.32. The maximum atomic E-state index is 13.0. The van der Waals surface area contributed by atoms with E-state index in [-0.39, 0.29) is 24.3 Å². The first-order valence-electron chi connectivity index (χ1n) is 9.48. The van der Waals surface area contributed by atoms with Crippen molar-refractivity contribution in [2.75, 3.05) is 18.0 Å². The second-order valence-corrected chi connectivity index (χ2v) is 7.96. The molecule has 2 aliphatic heterocycles. The molecule has 0 aliphatic carbocycles. The van der Waals surface area contributed by atoms with E-state index in [1.54, 1.807) is 24.3 Å². The van der Waals surface area contributed by atoms with Gasteiger partial charge in [0, 0.05) is 17.9 Å². The fourth-order valence-corrected chi connectivity index (χ4v) is 4.51. The van der Waals surface area contributed by atoms with Crippen LogP contribution in [0.3, 0.4) is 0 Å². The summed E-state index contributed by atoms with van der Waals surface area (Å²) in [5, 5.41) is 10.4. The fourth-order valence-electron chi connectivity index (χ4n) is 4.38. The third kappa shape index (κ3) is 3.19. The molecule has 2 amide bonds. The molecule has 0 aromatic heterocycles. The lowest BCUT2D eigenvalue weighted by Crippen LogP contribution is -3.18. The van der Waals surface area contributed by atoms with Gasteiger partial charge in [0.05, 0.1) is 36.7 Å². The van der Waals surface area contributed by atoms with E-state index < -0.39 is 5.41 Å². The molecule has 0 saturated carbocycles. The topological polar surface area (TPSA) is 65.6 Å². The summed E-state index contributed by atoms with van der Waals surface area (Å²) in [6.45, 7) is 1.39. The first kappa shape index (κ1) is 18.7. The van der Waals surface area contributed by atoms with Gasteiger partial charge in [0.25, 0.3) is 5.91 Å². The molecule has 0 unspecified atom stereocenters. The summed E-state index contributed by atoms with van der Waals surface area (Å²) in [5.41, 5.74) is 1.09. The first-order chi connectivity index (χ1) is 13.5. The number of amides is 2. The van der Waals surface area contributed by atoms with E-state index in [0.717, 1.165) is 10.5 Å². The zero-order valence-electron chi connectivity index (χ0n) is 15.4. The van der Waals surface area contributed by atoms with Crippen LogP contribution in [0.4, 0.5) is 5.69 Å². The van der Waals surface area contributed by atoms with Gasteiger partial charge in [-0.05, 0) is 29.8 Å². The van der Waals surface area contributed by atoms with Crippen molar-refractivity contribution in [2.45, 2.75) is 30.7 Å². The van der Waals surface area contributed by atoms with Gasteiger partial charge >= 0.3 is 0 Å². The quantitative estimate of drug-likeness (QED) is 0.811. The molecule has 142 valence electrons. The van der Waals surface area contributed by atoms with Crippen molar-refractivity contribution in [2.24, 2.45) is 0 Å². The van der Waals surface area contributed by atoms with E-state index in [4.69, 9.17) is 11.6 Å². The van der Waals surface area contributed by atoms with Gasteiger partial charge in [0.15, 0.2) is 6.04 Å². The van der Waals surface area contributed by atoms with E-state index in [0.29, 0.717) is 36.6 Å². The summed E-state index contributed by atoms with van der Waals surface area (Å²) < 4.78 is 0. The fraction of sp³-hybridized carbons (Fsp3) is 0.318. The van der Waals surface area contributed by atoms with Crippen LogP contribution in [0.2, 0.25) is 5.02 Å². The lowest BCUT2D eigenvalue weighted by Gasteiger charge is -2.37. The molecule has 2 aromatic carbocycles. The Bertz CT molecular complexity index is 929. The minimum Gasteiger partial charge on any atom is -0.324 e. The predicted molar refractivity (Wildman–Crippen MR) is 106 cm³/mol. The van der Waals surface area contributed by atoms with Gasteiger partial charge in [-0.2, -0.15) is 5.26 Å². The number of hydrogen-bond acceptors (Lipinski definition) is 3. The number of carbonyl (C=O) groups excluding carboxylic acids is 2. The molecular formula is C22H21ClN3O2+. The Morgan fingerprint density at radius 1 is 1.04 bits per heavy atom. The normalized spacial score (nSPS) is 27.6. The summed E-state index contributed by atoms with van der Waals surface area (Å²) >= 11 is 5.91. The number of anilines is 1. The standard InChI is InChI=1S/C22H20ClN3O2/c23-17-6-8-18(9-7-17)26-20(27)14-19(21(26)28)25-12-10-22(15-24,11-13-25)16-4-2-1-3-5-16/h1-9,19H,10-14H2/p+1/t19-/m0/s1. The molecule has 0 radical (unpaired) electrons. The largest absolute Gasteiger partial charge is 0.324 e. The summed E-state index contributed by atoms with van der Waals surface area (Å²) in [7, 11) is 0. The first-order valence-corrected chi connectivity index (χ1v) is 9.86. The van der Waals surface area contributed by atoms with Crippen molar-refractivity contribution in [3.05, 3.63) is 65.2 Å². The SMILES string of the molecule is N#CC1(c2ccccc2)CC[NH+]([C@H]2CC(=O)N(c3ccc(Cl)cc3)C2=O)CC1. The highest BCUT2D eigenvalue weighted by molar-refractivity contribution is 6.30. The number of benzene rings is 2. The molecule has 0 spiro atoms. The monoisotopic (exact) mass is 394 g/mol. The van der Waals surface area contributed by atoms with E-state index >= 15 is 0 Å². The van der Waals surface area contributed by atoms with Crippen molar-refractivity contribution in [3.63, 3.8) is 0 Å². The van der Waals surface area contributed by atoms with Crippen LogP contribution in [0.5, 0.6) is 0 Å². The Balaban J connectivity index is 1.49. The van der Waals surface area contributed by atoms with E-state index in [2.05, 4.69) is 6.07 Å². The average Bonchev–Trinajstić information content (AvgIpc) is 3.03. The van der Waals surface area contributed by atoms with Crippen LogP contribution in [0.1, 0.15) is 24.8 Å². The third-order valence-electron chi connectivity index (χ3n) is 6.01. The number of carbonyl (C=O) groups is 2. The third-order valence-corrected chi connectivity index (χ3v) is 6.26. The molecule has 2 heterocycles. The smallest absolute Gasteiger partial charge is 0.292 e. The van der Waals surface area contributed by atoms with Gasteiger partial charge in [0.2, 0.25) is 5.91 Å². The zero-order valence-corrected chi connectivity index (χ0v) is 16.2. The number of quaternary nitrogens is 1. The number of piperidine rings is 1. The van der Waals surface area contributed by atoms with Crippen LogP contribution in [0, 0.1) is 11.3 Å². The van der Waals surface area contributed by atoms with Crippen LogP contribution >= 0.6 is 11.6 Å². The molecule has 2 fully saturated rings. The second kappa shape index (κ2) is 7.38. The number of hydrogen-bond donors (Lipinski definition) is 1. The van der Waals surface area contributed by atoms with Crippen molar-refractivity contribution in [1.29, 1.82) is 5.26 Å². The van der Waals surface area contributed by atoms with Gasteiger partial charge in [-0.25, -0.2) is 4.90 Å². The van der Waals surface area contributed by atoms with Crippen LogP contribution in [-0.2, 0) is 15.0 Å². The van der Waals surface area contributed by atoms with Gasteiger partial charge < -0.3 is 4.90 Å². The van der Waals surface area contributed by atoms with Crippen LogP contribution in [-0.4, -0.2) is 30.9 Å². The summed E-state index contributed by atoms with van der Waals surface area (Å²) in [4.78, 5) is 27.9. The molecule has 5 nitrogen and oxygen atoms in total. The number of imide groups is 1. The summed E-state index contributed by atoms with van der Waals surface area (Å²) in [6, 6.07) is 18.8. The van der Waals surface area contributed by atoms with Gasteiger partial charge in [-0.15, -0.1) is 0 Å². The van der Waals surface area contributed by atoms with E-state index in [1.165, 1.54) is 4.90 Å². The van der Waals surface area contributed by atoms with Crippen molar-refractivity contribution in [3.8, 4) is 6.07 Å². The van der Waals surface area contributed by atoms with Gasteiger partial charge in [0.1, 0.15) is 0 Å². The Morgan fingerprint density at radius 2 is 1.68 bits per heavy atom. The Morgan fingerprint density at radius 3 is 2.29 bits per heavy atom. The minimum atomic E-state index is -0.508. The zero-order chi connectivity index (χ0) is 19.7. The number of likely N-dealkylation sites (tertiary alicyclic amines) is 1. The van der Waals surface area contributed by atoms with Gasteiger partial charge in [-0.1, -0.05) is 41.9 Å². The van der Waals surface area contributed by atoms with E-state index in [1.807, 2.05) is 30.3 Å². The molecule has 1 atom stereocenters. The average molecular weight is 395 g/mol. The number of nitrogens with one attached hydrogen (secondary N) is 1. The van der Waals surface area contributed by atoms with Crippen LogP contribution in [0.15, 0.2) is 54.6 Å². The molecule has 0 bridgehead atoms. The maximum absolute atomic E-state index is 13.0. The number of halogens is 1. The predicted octanol–water partition coefficient (Wildman–Crippen LogP) is 2.11. The number of nitriles is 1. The second-order valence-electron chi connectivity index (χ2n) is 7.52. The molecular weight excluding hydrogens is 374 g/mol. The molecule has 28 heavy (non-hydrogen) atoms. The maximum Gasteiger partial charge on any atom is 0.292 e. The van der Waals surface area contributed by atoms with Gasteiger partial charge in [-0.3, -0.25) is 9.59 Å². The van der Waals surface area contributed by atoms with Crippen molar-refractivity contribution >= 4 is 29.1 Å². The lowest BCUT2D eigenvalue weighted by molar-refractivity contribution is -0.920. The molecule has 1 N–H and O–H groups in total. The lowest BCUT2D eigenvalue weighted by atomic mass is 9.74. The Hall–Kier alpha value is -2.68. The number of rotatable bonds is 3. The van der Waals surface area contributed by atoms with Crippen molar-refractivity contribution in [1.82, 2.24) is 0 Å². The van der Waals surface area contributed by atoms with E-state index in [9.17, 15) is 14.9 Å². The molecule has 2 aromatic rings.